The Morgan fingerprint density at radius 3 is 2.18 bits per heavy atom. The lowest BCUT2D eigenvalue weighted by Gasteiger charge is -2.25. The number of aliphatic carboxylic acids is 1. The average molecular weight is 388 g/mol. The zero-order valence-electron chi connectivity index (χ0n) is 15.5. The molecule has 1 heterocycles. The van der Waals surface area contributed by atoms with Crippen LogP contribution in [0, 0.1) is 11.8 Å². The Hall–Kier alpha value is -3.49. The van der Waals surface area contributed by atoms with E-state index in [4.69, 9.17) is 0 Å². The second kappa shape index (κ2) is 8.94. The van der Waals surface area contributed by atoms with Crippen molar-refractivity contribution in [1.82, 2.24) is 10.3 Å². The first-order valence-corrected chi connectivity index (χ1v) is 8.35. The van der Waals surface area contributed by atoms with Gasteiger partial charge in [0.15, 0.2) is 5.92 Å². The predicted molar refractivity (Wildman–Crippen MR) is 97.3 cm³/mol. The zero-order valence-corrected chi connectivity index (χ0v) is 15.5. The number of benzene rings is 1. The molecule has 0 radical (unpaired) electrons. The van der Waals surface area contributed by atoms with Crippen LogP contribution in [-0.4, -0.2) is 54.2 Å². The minimum absolute atomic E-state index is 0.00448. The third-order valence-corrected chi connectivity index (χ3v) is 4.35. The highest BCUT2D eigenvalue weighted by molar-refractivity contribution is 5.99. The Morgan fingerprint density at radius 1 is 1.00 bits per heavy atom. The van der Waals surface area contributed by atoms with E-state index in [2.05, 4.69) is 19.8 Å². The summed E-state index contributed by atoms with van der Waals surface area (Å²) in [6.07, 6.45) is 0. The lowest BCUT2D eigenvalue weighted by atomic mass is 9.87. The quantitative estimate of drug-likeness (QED) is 0.531. The van der Waals surface area contributed by atoms with Gasteiger partial charge in [-0.25, -0.2) is 9.78 Å². The number of carbonyl (C=O) groups excluding carboxylic acids is 3. The van der Waals surface area contributed by atoms with Crippen molar-refractivity contribution in [2.24, 2.45) is 11.8 Å². The fourth-order valence-corrected chi connectivity index (χ4v) is 2.80. The fraction of sp³-hybridized carbons (Fsp3) is 0.316. The van der Waals surface area contributed by atoms with Gasteiger partial charge in [-0.2, -0.15) is 0 Å². The number of carboxylic acid groups (broad SMARTS) is 1. The van der Waals surface area contributed by atoms with Crippen LogP contribution in [0.2, 0.25) is 0 Å². The van der Waals surface area contributed by atoms with E-state index in [0.29, 0.717) is 5.52 Å². The molecule has 1 aromatic heterocycles. The molecule has 0 aliphatic carbocycles. The van der Waals surface area contributed by atoms with Crippen molar-refractivity contribution in [1.29, 1.82) is 0 Å². The van der Waals surface area contributed by atoms with Crippen LogP contribution in [0.3, 0.4) is 0 Å². The minimum Gasteiger partial charge on any atom is -0.480 e. The van der Waals surface area contributed by atoms with Gasteiger partial charge < -0.3 is 19.9 Å². The van der Waals surface area contributed by atoms with Crippen LogP contribution in [0.5, 0.6) is 0 Å². The Labute approximate surface area is 160 Å². The summed E-state index contributed by atoms with van der Waals surface area (Å²) >= 11 is 0. The summed E-state index contributed by atoms with van der Waals surface area (Å²) < 4.78 is 9.13. The number of esters is 2. The lowest BCUT2D eigenvalue weighted by Crippen LogP contribution is -2.50. The topological polar surface area (TPSA) is 132 Å². The zero-order chi connectivity index (χ0) is 20.8. The lowest BCUT2D eigenvalue weighted by molar-refractivity contribution is -0.162. The van der Waals surface area contributed by atoms with Gasteiger partial charge in [-0.15, -0.1) is 0 Å². The minimum atomic E-state index is -1.55. The maximum atomic E-state index is 12.5. The average Bonchev–Trinajstić information content (AvgIpc) is 2.70. The first-order valence-electron chi connectivity index (χ1n) is 8.35. The number of nitrogens with one attached hydrogen (secondary N) is 1. The van der Waals surface area contributed by atoms with Gasteiger partial charge in [0.2, 0.25) is 0 Å². The van der Waals surface area contributed by atoms with E-state index in [1.165, 1.54) is 13.0 Å². The molecule has 0 fully saturated rings. The number of fused-ring (bicyclic) bond motifs is 1. The second-order valence-corrected chi connectivity index (χ2v) is 6.06. The van der Waals surface area contributed by atoms with Crippen LogP contribution in [0.4, 0.5) is 0 Å². The van der Waals surface area contributed by atoms with E-state index < -0.39 is 41.7 Å². The molecule has 2 N–H and O–H groups in total. The number of nitrogens with zero attached hydrogens (tertiary/aromatic N) is 1. The van der Waals surface area contributed by atoms with Gasteiger partial charge in [0.25, 0.3) is 5.91 Å². The first kappa shape index (κ1) is 20.8. The van der Waals surface area contributed by atoms with E-state index in [-0.39, 0.29) is 5.69 Å². The van der Waals surface area contributed by atoms with Crippen molar-refractivity contribution in [2.45, 2.75) is 13.0 Å². The van der Waals surface area contributed by atoms with Crippen LogP contribution in [0.25, 0.3) is 10.9 Å². The maximum Gasteiger partial charge on any atom is 0.326 e. The molecule has 2 aromatic rings. The summed E-state index contributed by atoms with van der Waals surface area (Å²) in [5.74, 6) is -6.73. The van der Waals surface area contributed by atoms with Gasteiger partial charge in [-0.1, -0.05) is 31.2 Å². The highest BCUT2D eigenvalue weighted by Gasteiger charge is 2.42. The number of carboxylic acids is 1. The van der Waals surface area contributed by atoms with Gasteiger partial charge in [0, 0.05) is 11.3 Å². The van der Waals surface area contributed by atoms with Crippen LogP contribution in [-0.2, 0) is 23.9 Å². The molecule has 0 saturated carbocycles. The molecule has 1 aromatic carbocycles. The number of hydrogen-bond acceptors (Lipinski definition) is 7. The fourth-order valence-electron chi connectivity index (χ4n) is 2.80. The molecule has 9 heteroatoms. The number of para-hydroxylation sites is 1. The SMILES string of the molecule is COC(=O)C(C(=O)OC)[C@@H](C)[C@H](NC(=O)c1ccc2ccccc2n1)C(=O)O. The highest BCUT2D eigenvalue weighted by atomic mass is 16.5. The Kier molecular flexibility index (Phi) is 6.64. The molecule has 28 heavy (non-hydrogen) atoms. The largest absolute Gasteiger partial charge is 0.480 e. The van der Waals surface area contributed by atoms with E-state index in [0.717, 1.165) is 19.6 Å². The molecule has 2 rings (SSSR count). The number of rotatable bonds is 7. The van der Waals surface area contributed by atoms with Crippen molar-refractivity contribution in [3.05, 3.63) is 42.1 Å². The number of hydrogen-bond donors (Lipinski definition) is 2. The molecule has 0 aliphatic rings. The summed E-state index contributed by atoms with van der Waals surface area (Å²) in [6, 6.07) is 8.71. The van der Waals surface area contributed by atoms with Crippen molar-refractivity contribution in [3.8, 4) is 0 Å². The standard InChI is InChI=1S/C19H20N2O7/c1-10(14(18(25)27-2)19(26)28-3)15(17(23)24)21-16(22)13-9-8-11-6-4-5-7-12(11)20-13/h4-10,14-15H,1-3H3,(H,21,22)(H,23,24)/t10-,15+/m1/s1. The highest BCUT2D eigenvalue weighted by Crippen LogP contribution is 2.20. The molecule has 0 saturated heterocycles. The van der Waals surface area contributed by atoms with Gasteiger partial charge in [-0.05, 0) is 12.1 Å². The van der Waals surface area contributed by atoms with Crippen molar-refractivity contribution in [2.75, 3.05) is 14.2 Å². The van der Waals surface area contributed by atoms with Gasteiger partial charge in [0.1, 0.15) is 11.7 Å². The summed E-state index contributed by atoms with van der Waals surface area (Å²) in [5.41, 5.74) is 0.571. The monoisotopic (exact) mass is 388 g/mol. The van der Waals surface area contributed by atoms with Crippen molar-refractivity contribution >= 4 is 34.7 Å². The number of ether oxygens (including phenoxy) is 2. The third kappa shape index (κ3) is 4.43. The number of methoxy groups -OCH3 is 2. The van der Waals surface area contributed by atoms with E-state index in [1.807, 2.05) is 12.1 Å². The van der Waals surface area contributed by atoms with E-state index >= 15 is 0 Å². The molecular weight excluding hydrogens is 368 g/mol. The molecule has 0 spiro atoms. The van der Waals surface area contributed by atoms with Crippen molar-refractivity contribution in [3.63, 3.8) is 0 Å². The van der Waals surface area contributed by atoms with Crippen LogP contribution < -0.4 is 5.32 Å². The molecule has 1 amide bonds. The van der Waals surface area contributed by atoms with Crippen LogP contribution >= 0.6 is 0 Å². The first-order chi connectivity index (χ1) is 13.3. The molecule has 148 valence electrons. The number of carbonyl (C=O) groups is 4. The summed E-state index contributed by atoms with van der Waals surface area (Å²) in [6.45, 7) is 1.34. The second-order valence-electron chi connectivity index (χ2n) is 6.06. The van der Waals surface area contributed by atoms with Gasteiger partial charge in [0.05, 0.1) is 19.7 Å². The summed E-state index contributed by atoms with van der Waals surface area (Å²) in [4.78, 5) is 52.3. The van der Waals surface area contributed by atoms with E-state index in [9.17, 15) is 24.3 Å². The molecule has 0 bridgehead atoms. The normalized spacial score (nSPS) is 12.9. The number of aromatic nitrogens is 1. The number of pyridine rings is 1. The summed E-state index contributed by atoms with van der Waals surface area (Å²) in [5, 5.41) is 12.7. The molecule has 0 aliphatic heterocycles. The molecule has 2 atom stereocenters. The van der Waals surface area contributed by atoms with Crippen LogP contribution in [0.1, 0.15) is 17.4 Å². The van der Waals surface area contributed by atoms with Crippen LogP contribution in [0.15, 0.2) is 36.4 Å². The summed E-state index contributed by atoms with van der Waals surface area (Å²) in [7, 11) is 2.14. The molecule has 0 unspecified atom stereocenters. The maximum absolute atomic E-state index is 12.5. The van der Waals surface area contributed by atoms with Gasteiger partial charge >= 0.3 is 17.9 Å². The number of amides is 1. The van der Waals surface area contributed by atoms with Crippen molar-refractivity contribution < 1.29 is 33.8 Å². The Balaban J connectivity index is 2.29. The predicted octanol–water partition coefficient (Wildman–Crippen LogP) is 1.02. The Morgan fingerprint density at radius 2 is 1.61 bits per heavy atom. The third-order valence-electron chi connectivity index (χ3n) is 4.35. The molecule has 9 nitrogen and oxygen atoms in total. The Bertz CT molecular complexity index is 896. The smallest absolute Gasteiger partial charge is 0.326 e. The van der Waals surface area contributed by atoms with E-state index in [1.54, 1.807) is 18.2 Å². The van der Waals surface area contributed by atoms with Gasteiger partial charge in [-0.3, -0.25) is 14.4 Å². The molecular formula is C19H20N2O7.